The Morgan fingerprint density at radius 1 is 1.03 bits per heavy atom. The van der Waals surface area contributed by atoms with E-state index in [4.69, 9.17) is 21.4 Å². The van der Waals surface area contributed by atoms with E-state index in [0.717, 1.165) is 23.1 Å². The summed E-state index contributed by atoms with van der Waals surface area (Å²) in [5, 5.41) is 9.41. The van der Waals surface area contributed by atoms with Crippen LogP contribution in [-0.4, -0.2) is 69.0 Å². The van der Waals surface area contributed by atoms with E-state index in [-0.39, 0.29) is 5.15 Å². The molecule has 0 atom stereocenters. The number of sulfonamides is 1. The molecule has 1 saturated heterocycles. The fourth-order valence-corrected chi connectivity index (χ4v) is 4.73. The van der Waals surface area contributed by atoms with Crippen molar-refractivity contribution >= 4 is 39.1 Å². The maximum absolute atomic E-state index is 11.7. The van der Waals surface area contributed by atoms with Crippen molar-refractivity contribution in [2.24, 2.45) is 0 Å². The molecule has 1 aliphatic heterocycles. The molecule has 35 heavy (non-hydrogen) atoms. The third-order valence-corrected chi connectivity index (χ3v) is 6.62. The molecule has 4 rings (SSSR count). The van der Waals surface area contributed by atoms with Crippen molar-refractivity contribution in [3.8, 4) is 28.0 Å². The fraction of sp³-hybridized carbons (Fsp3) is 0.250. The van der Waals surface area contributed by atoms with Gasteiger partial charge in [-0.2, -0.15) is 0 Å². The molecule has 1 aromatic heterocycles. The second kappa shape index (κ2) is 10.0. The minimum Gasteiger partial charge on any atom is -0.497 e. The standard InChI is InChI=1S/C24H25ClN4O5S/c1-34-21-12-17(11-19(14-21)27-35(2,32)33)22-13-18(15-26-23(22)25)16-3-5-20(6-4-16)28-7-9-29(10-8-28)24(30)31/h3-6,11-15,27H,7-10H2,1-2H3,(H,30,31). The number of hydrogen-bond acceptors (Lipinski definition) is 6. The van der Waals surface area contributed by atoms with Crippen LogP contribution in [0.4, 0.5) is 16.2 Å². The molecule has 0 bridgehead atoms. The van der Waals surface area contributed by atoms with Gasteiger partial charge in [-0.3, -0.25) is 4.72 Å². The maximum atomic E-state index is 11.7. The quantitative estimate of drug-likeness (QED) is 0.471. The van der Waals surface area contributed by atoms with Crippen molar-refractivity contribution in [3.05, 3.63) is 59.9 Å². The van der Waals surface area contributed by atoms with E-state index in [0.29, 0.717) is 48.7 Å². The number of carbonyl (C=O) groups is 1. The summed E-state index contributed by atoms with van der Waals surface area (Å²) in [6.07, 6.45) is 1.88. The molecule has 0 spiro atoms. The van der Waals surface area contributed by atoms with Crippen LogP contribution in [0, 0.1) is 0 Å². The molecule has 0 aliphatic carbocycles. The lowest BCUT2D eigenvalue weighted by Gasteiger charge is -2.34. The van der Waals surface area contributed by atoms with Crippen molar-refractivity contribution in [3.63, 3.8) is 0 Å². The predicted octanol–water partition coefficient (Wildman–Crippen LogP) is 4.25. The van der Waals surface area contributed by atoms with Crippen LogP contribution in [-0.2, 0) is 10.0 Å². The topological polar surface area (TPSA) is 112 Å². The number of rotatable bonds is 6. The number of anilines is 2. The Kier molecular flexibility index (Phi) is 7.04. The van der Waals surface area contributed by atoms with Crippen LogP contribution < -0.4 is 14.4 Å². The number of nitrogens with one attached hydrogen (secondary N) is 1. The highest BCUT2D eigenvalue weighted by atomic mass is 35.5. The summed E-state index contributed by atoms with van der Waals surface area (Å²) in [5.74, 6) is 0.475. The number of halogens is 1. The maximum Gasteiger partial charge on any atom is 0.407 e. The van der Waals surface area contributed by atoms with Gasteiger partial charge >= 0.3 is 6.09 Å². The molecule has 0 unspecified atom stereocenters. The van der Waals surface area contributed by atoms with Crippen molar-refractivity contribution in [1.29, 1.82) is 0 Å². The first kappa shape index (κ1) is 24.6. The second-order valence-corrected chi connectivity index (χ2v) is 10.3. The fourth-order valence-electron chi connectivity index (χ4n) is 3.97. The van der Waals surface area contributed by atoms with E-state index in [9.17, 15) is 13.2 Å². The predicted molar refractivity (Wildman–Crippen MR) is 137 cm³/mol. The number of nitrogens with zero attached hydrogens (tertiary/aromatic N) is 3. The van der Waals surface area contributed by atoms with Crippen LogP contribution in [0.25, 0.3) is 22.3 Å². The van der Waals surface area contributed by atoms with Gasteiger partial charge in [0.25, 0.3) is 0 Å². The number of hydrogen-bond donors (Lipinski definition) is 2. The van der Waals surface area contributed by atoms with Crippen LogP contribution >= 0.6 is 11.6 Å². The lowest BCUT2D eigenvalue weighted by Crippen LogP contribution is -2.48. The van der Waals surface area contributed by atoms with E-state index in [1.54, 1.807) is 24.4 Å². The summed E-state index contributed by atoms with van der Waals surface area (Å²) in [7, 11) is -1.97. The highest BCUT2D eigenvalue weighted by Crippen LogP contribution is 2.35. The molecule has 1 fully saturated rings. The van der Waals surface area contributed by atoms with Gasteiger partial charge in [-0.25, -0.2) is 18.2 Å². The second-order valence-electron chi connectivity index (χ2n) is 8.19. The van der Waals surface area contributed by atoms with Crippen molar-refractivity contribution < 1.29 is 23.1 Å². The molecule has 2 N–H and O–H groups in total. The van der Waals surface area contributed by atoms with E-state index < -0.39 is 16.1 Å². The largest absolute Gasteiger partial charge is 0.497 e. The third kappa shape index (κ3) is 5.95. The van der Waals surface area contributed by atoms with Gasteiger partial charge in [0, 0.05) is 55.3 Å². The number of amides is 1. The lowest BCUT2D eigenvalue weighted by atomic mass is 10.0. The number of ether oxygens (including phenoxy) is 1. The van der Waals surface area contributed by atoms with Crippen LogP contribution in [0.15, 0.2) is 54.7 Å². The summed E-state index contributed by atoms with van der Waals surface area (Å²) in [5.41, 5.74) is 4.44. The van der Waals surface area contributed by atoms with Gasteiger partial charge in [-0.15, -0.1) is 0 Å². The molecular weight excluding hydrogens is 492 g/mol. The molecule has 1 aliphatic rings. The summed E-state index contributed by atoms with van der Waals surface area (Å²) in [4.78, 5) is 19.0. The first-order chi connectivity index (χ1) is 16.6. The lowest BCUT2D eigenvalue weighted by molar-refractivity contribution is 0.142. The molecule has 0 radical (unpaired) electrons. The average molecular weight is 517 g/mol. The first-order valence-electron chi connectivity index (χ1n) is 10.8. The first-order valence-corrected chi connectivity index (χ1v) is 13.1. The minimum atomic E-state index is -3.47. The number of methoxy groups -OCH3 is 1. The molecule has 11 heteroatoms. The zero-order chi connectivity index (χ0) is 25.2. The molecule has 1 amide bonds. The Bertz CT molecular complexity index is 1340. The average Bonchev–Trinajstić information content (AvgIpc) is 2.83. The van der Waals surface area contributed by atoms with Gasteiger partial charge in [-0.1, -0.05) is 23.7 Å². The van der Waals surface area contributed by atoms with Crippen molar-refractivity contribution in [2.75, 3.05) is 49.2 Å². The zero-order valence-corrected chi connectivity index (χ0v) is 20.8. The Hall–Kier alpha value is -3.50. The van der Waals surface area contributed by atoms with Gasteiger partial charge in [0.2, 0.25) is 10.0 Å². The molecule has 9 nitrogen and oxygen atoms in total. The minimum absolute atomic E-state index is 0.278. The van der Waals surface area contributed by atoms with Crippen LogP contribution in [0.5, 0.6) is 5.75 Å². The van der Waals surface area contributed by atoms with E-state index in [2.05, 4.69) is 14.6 Å². The molecule has 0 saturated carbocycles. The van der Waals surface area contributed by atoms with Gasteiger partial charge in [0.15, 0.2) is 0 Å². The highest BCUT2D eigenvalue weighted by Gasteiger charge is 2.20. The number of carboxylic acid groups (broad SMARTS) is 1. The Morgan fingerprint density at radius 3 is 2.31 bits per heavy atom. The Morgan fingerprint density at radius 2 is 1.71 bits per heavy atom. The Labute approximate surface area is 209 Å². The SMILES string of the molecule is COc1cc(NS(C)(=O)=O)cc(-c2cc(-c3ccc(N4CCN(C(=O)O)CC4)cc3)cnc2Cl)c1. The van der Waals surface area contributed by atoms with E-state index in [1.165, 1.54) is 12.0 Å². The van der Waals surface area contributed by atoms with Crippen molar-refractivity contribution in [1.82, 2.24) is 9.88 Å². The van der Waals surface area contributed by atoms with Crippen molar-refractivity contribution in [2.45, 2.75) is 0 Å². The third-order valence-electron chi connectivity index (χ3n) is 5.71. The summed E-state index contributed by atoms with van der Waals surface area (Å²) in [6, 6.07) is 14.9. The van der Waals surface area contributed by atoms with Crippen LogP contribution in [0.3, 0.4) is 0 Å². The van der Waals surface area contributed by atoms with Crippen LogP contribution in [0.1, 0.15) is 0 Å². The Balaban J connectivity index is 1.61. The van der Waals surface area contributed by atoms with E-state index in [1.807, 2.05) is 30.3 Å². The van der Waals surface area contributed by atoms with Gasteiger partial charge in [0.1, 0.15) is 10.9 Å². The number of benzene rings is 2. The number of pyridine rings is 1. The molecule has 184 valence electrons. The number of piperazine rings is 1. The normalized spacial score (nSPS) is 14.0. The summed E-state index contributed by atoms with van der Waals surface area (Å²) >= 11 is 6.42. The molecular formula is C24H25ClN4O5S. The summed E-state index contributed by atoms with van der Waals surface area (Å²) in [6.45, 7) is 2.21. The van der Waals surface area contributed by atoms with Gasteiger partial charge in [0.05, 0.1) is 19.1 Å². The molecule has 3 aromatic rings. The molecule has 2 aromatic carbocycles. The van der Waals surface area contributed by atoms with Gasteiger partial charge in [-0.05, 0) is 41.5 Å². The van der Waals surface area contributed by atoms with Gasteiger partial charge < -0.3 is 19.6 Å². The van der Waals surface area contributed by atoms with Crippen LogP contribution in [0.2, 0.25) is 5.15 Å². The summed E-state index contributed by atoms with van der Waals surface area (Å²) < 4.78 is 31.2. The number of aromatic nitrogens is 1. The zero-order valence-electron chi connectivity index (χ0n) is 19.2. The molecule has 2 heterocycles. The monoisotopic (exact) mass is 516 g/mol. The highest BCUT2D eigenvalue weighted by molar-refractivity contribution is 7.92. The smallest absolute Gasteiger partial charge is 0.407 e. The van der Waals surface area contributed by atoms with E-state index >= 15 is 0 Å².